The van der Waals surface area contributed by atoms with Crippen molar-refractivity contribution in [3.63, 3.8) is 0 Å². The van der Waals surface area contributed by atoms with Crippen molar-refractivity contribution in [3.8, 4) is 10.7 Å². The van der Waals surface area contributed by atoms with Gasteiger partial charge in [-0.25, -0.2) is 4.98 Å². The lowest BCUT2D eigenvalue weighted by Crippen LogP contribution is -2.38. The molecule has 6 heteroatoms. The van der Waals surface area contributed by atoms with Gasteiger partial charge in [0.2, 0.25) is 5.91 Å². The van der Waals surface area contributed by atoms with E-state index in [9.17, 15) is 4.79 Å². The minimum absolute atomic E-state index is 0.0828. The van der Waals surface area contributed by atoms with Crippen LogP contribution in [-0.2, 0) is 11.2 Å². The van der Waals surface area contributed by atoms with E-state index in [-0.39, 0.29) is 5.91 Å². The van der Waals surface area contributed by atoms with Gasteiger partial charge >= 0.3 is 0 Å². The van der Waals surface area contributed by atoms with Gasteiger partial charge < -0.3 is 5.32 Å². The summed E-state index contributed by atoms with van der Waals surface area (Å²) >= 11 is 1.51. The van der Waals surface area contributed by atoms with Crippen LogP contribution in [0.25, 0.3) is 10.7 Å². The van der Waals surface area contributed by atoms with E-state index >= 15 is 0 Å². The van der Waals surface area contributed by atoms with Crippen LogP contribution in [0.1, 0.15) is 51.1 Å². The number of nitrogens with zero attached hydrogens (tertiary/aromatic N) is 3. The molecule has 0 unspecified atom stereocenters. The first kappa shape index (κ1) is 17.0. The van der Waals surface area contributed by atoms with E-state index < -0.39 is 0 Å². The van der Waals surface area contributed by atoms with Gasteiger partial charge in [0.05, 0.1) is 18.3 Å². The Hall–Kier alpha value is -1.82. The lowest BCUT2D eigenvalue weighted by Gasteiger charge is -2.20. The number of rotatable bonds is 7. The summed E-state index contributed by atoms with van der Waals surface area (Å²) in [6.07, 6.45) is 12.6. The predicted molar refractivity (Wildman–Crippen MR) is 95.6 cm³/mol. The quantitative estimate of drug-likeness (QED) is 0.833. The second-order valence-corrected chi connectivity index (χ2v) is 7.28. The highest BCUT2D eigenvalue weighted by atomic mass is 32.1. The van der Waals surface area contributed by atoms with Crippen molar-refractivity contribution in [2.45, 2.75) is 57.9 Å². The van der Waals surface area contributed by atoms with Crippen LogP contribution < -0.4 is 5.32 Å². The second-order valence-electron chi connectivity index (χ2n) is 6.42. The molecule has 0 aromatic carbocycles. The molecule has 0 radical (unpaired) electrons. The van der Waals surface area contributed by atoms with Crippen molar-refractivity contribution in [3.05, 3.63) is 29.7 Å². The SMILES string of the molecule is CCCC[C@H]1CCC[C@@H]1NC(=O)Cc1csc(-c2cnccn2)n1. The maximum Gasteiger partial charge on any atom is 0.226 e. The lowest BCUT2D eigenvalue weighted by molar-refractivity contribution is -0.121. The second kappa shape index (κ2) is 8.33. The van der Waals surface area contributed by atoms with E-state index in [0.717, 1.165) is 22.8 Å². The summed E-state index contributed by atoms with van der Waals surface area (Å²) in [4.78, 5) is 25.2. The molecule has 3 rings (SSSR count). The summed E-state index contributed by atoms with van der Waals surface area (Å²) in [6, 6.07) is 0.349. The van der Waals surface area contributed by atoms with Crippen LogP contribution in [0.5, 0.6) is 0 Å². The molecular weight excluding hydrogens is 320 g/mol. The molecule has 0 aliphatic heterocycles. The van der Waals surface area contributed by atoms with Gasteiger partial charge in [-0.3, -0.25) is 14.8 Å². The molecule has 2 aromatic rings. The summed E-state index contributed by atoms with van der Waals surface area (Å²) in [5.74, 6) is 0.735. The van der Waals surface area contributed by atoms with Crippen LogP contribution in [0.2, 0.25) is 0 Å². The topological polar surface area (TPSA) is 67.8 Å². The third-order valence-corrected chi connectivity index (χ3v) is 5.52. The number of carbonyl (C=O) groups excluding carboxylic acids is 1. The van der Waals surface area contributed by atoms with Gasteiger partial charge in [0.1, 0.15) is 10.7 Å². The van der Waals surface area contributed by atoms with Crippen molar-refractivity contribution in [1.82, 2.24) is 20.3 Å². The Morgan fingerprint density at radius 3 is 3.08 bits per heavy atom. The third kappa shape index (κ3) is 4.38. The Kier molecular flexibility index (Phi) is 5.91. The van der Waals surface area contributed by atoms with E-state index in [1.807, 2.05) is 5.38 Å². The zero-order valence-electron chi connectivity index (χ0n) is 14.1. The van der Waals surface area contributed by atoms with Crippen LogP contribution in [0.3, 0.4) is 0 Å². The molecule has 1 aliphatic carbocycles. The van der Waals surface area contributed by atoms with Crippen molar-refractivity contribution < 1.29 is 4.79 Å². The number of thiazole rings is 1. The van der Waals surface area contributed by atoms with E-state index in [1.54, 1.807) is 18.6 Å². The minimum atomic E-state index is 0.0828. The first-order valence-corrected chi connectivity index (χ1v) is 9.64. The summed E-state index contributed by atoms with van der Waals surface area (Å²) in [5, 5.41) is 5.98. The van der Waals surface area contributed by atoms with E-state index in [4.69, 9.17) is 0 Å². The maximum atomic E-state index is 12.4. The Morgan fingerprint density at radius 2 is 2.29 bits per heavy atom. The number of aromatic nitrogens is 3. The molecule has 2 atom stereocenters. The molecule has 1 N–H and O–H groups in total. The van der Waals surface area contributed by atoms with Crippen LogP contribution in [-0.4, -0.2) is 26.9 Å². The molecule has 2 heterocycles. The highest BCUT2D eigenvalue weighted by Gasteiger charge is 2.28. The van der Waals surface area contributed by atoms with Crippen LogP contribution in [0, 0.1) is 5.92 Å². The molecule has 0 saturated heterocycles. The monoisotopic (exact) mass is 344 g/mol. The number of carbonyl (C=O) groups is 1. The minimum Gasteiger partial charge on any atom is -0.353 e. The third-order valence-electron chi connectivity index (χ3n) is 4.61. The Balaban J connectivity index is 1.54. The average molecular weight is 344 g/mol. The van der Waals surface area contributed by atoms with Gasteiger partial charge in [-0.1, -0.05) is 26.2 Å². The number of amides is 1. The summed E-state index contributed by atoms with van der Waals surface area (Å²) in [6.45, 7) is 2.22. The van der Waals surface area contributed by atoms with Crippen molar-refractivity contribution >= 4 is 17.2 Å². The summed E-state index contributed by atoms with van der Waals surface area (Å²) in [7, 11) is 0. The molecule has 1 fully saturated rings. The maximum absolute atomic E-state index is 12.4. The Bertz CT molecular complexity index is 658. The predicted octanol–water partition coefficient (Wildman–Crippen LogP) is 3.62. The smallest absolute Gasteiger partial charge is 0.226 e. The fraction of sp³-hybridized carbons (Fsp3) is 0.556. The van der Waals surface area contributed by atoms with Gasteiger partial charge in [0.15, 0.2) is 0 Å². The Morgan fingerprint density at radius 1 is 1.38 bits per heavy atom. The lowest BCUT2D eigenvalue weighted by atomic mass is 9.96. The number of hydrogen-bond acceptors (Lipinski definition) is 5. The largest absolute Gasteiger partial charge is 0.353 e. The van der Waals surface area contributed by atoms with Crippen LogP contribution in [0.4, 0.5) is 0 Å². The highest BCUT2D eigenvalue weighted by Crippen LogP contribution is 2.30. The molecule has 24 heavy (non-hydrogen) atoms. The normalized spacial score (nSPS) is 20.2. The molecule has 128 valence electrons. The zero-order chi connectivity index (χ0) is 16.8. The van der Waals surface area contributed by atoms with Gasteiger partial charge in [-0.15, -0.1) is 11.3 Å². The van der Waals surface area contributed by atoms with Gasteiger partial charge in [-0.2, -0.15) is 0 Å². The van der Waals surface area contributed by atoms with E-state index in [1.165, 1.54) is 43.4 Å². The first-order chi connectivity index (χ1) is 11.8. The molecule has 1 saturated carbocycles. The van der Waals surface area contributed by atoms with Gasteiger partial charge in [-0.05, 0) is 25.2 Å². The van der Waals surface area contributed by atoms with Gasteiger partial charge in [0.25, 0.3) is 0 Å². The Labute approximate surface area is 147 Å². The van der Waals surface area contributed by atoms with Crippen LogP contribution in [0.15, 0.2) is 24.0 Å². The fourth-order valence-corrected chi connectivity index (χ4v) is 4.16. The zero-order valence-corrected chi connectivity index (χ0v) is 14.9. The molecule has 0 bridgehead atoms. The van der Waals surface area contributed by atoms with E-state index in [2.05, 4.69) is 27.2 Å². The molecule has 1 aliphatic rings. The molecule has 1 amide bonds. The molecular formula is C18H24N4OS. The average Bonchev–Trinajstić information content (AvgIpc) is 3.23. The highest BCUT2D eigenvalue weighted by molar-refractivity contribution is 7.13. The fourth-order valence-electron chi connectivity index (χ4n) is 3.38. The van der Waals surface area contributed by atoms with Gasteiger partial charge in [0, 0.05) is 23.8 Å². The number of hydrogen-bond donors (Lipinski definition) is 1. The van der Waals surface area contributed by atoms with Crippen molar-refractivity contribution in [2.75, 3.05) is 0 Å². The van der Waals surface area contributed by atoms with Crippen molar-refractivity contribution in [1.29, 1.82) is 0 Å². The standard InChI is InChI=1S/C18H24N4OS/c1-2-3-5-13-6-4-7-15(13)22-17(23)10-14-12-24-18(21-14)16-11-19-8-9-20-16/h8-9,11-13,15H,2-7,10H2,1H3,(H,22,23)/t13-,15-/m0/s1. The molecule has 5 nitrogen and oxygen atoms in total. The van der Waals surface area contributed by atoms with Crippen LogP contribution >= 0.6 is 11.3 Å². The summed E-state index contributed by atoms with van der Waals surface area (Å²) in [5.41, 5.74) is 1.56. The molecule has 0 spiro atoms. The first-order valence-electron chi connectivity index (χ1n) is 8.76. The number of nitrogens with one attached hydrogen (secondary N) is 1. The van der Waals surface area contributed by atoms with E-state index in [0.29, 0.717) is 18.4 Å². The molecule has 2 aromatic heterocycles. The van der Waals surface area contributed by atoms with Crippen molar-refractivity contribution in [2.24, 2.45) is 5.92 Å². The summed E-state index contributed by atoms with van der Waals surface area (Å²) < 4.78 is 0. The number of unbranched alkanes of at least 4 members (excludes halogenated alkanes) is 1.